The molecule has 0 radical (unpaired) electrons. The second kappa shape index (κ2) is 7.57. The Morgan fingerprint density at radius 1 is 1.28 bits per heavy atom. The van der Waals surface area contributed by atoms with Gasteiger partial charge in [-0.15, -0.1) is 11.3 Å². The molecule has 146 valence electrons. The summed E-state index contributed by atoms with van der Waals surface area (Å²) < 4.78 is 6.65. The molecule has 0 aliphatic rings. The number of aromatic amines is 1. The molecule has 2 aromatic carbocycles. The zero-order valence-electron chi connectivity index (χ0n) is 14.8. The molecular weight excluding hydrogens is 414 g/mol. The lowest BCUT2D eigenvalue weighted by atomic mass is 10.0. The summed E-state index contributed by atoms with van der Waals surface area (Å²) in [6.45, 7) is 0.00606. The highest BCUT2D eigenvalue weighted by Gasteiger charge is 2.20. The van der Waals surface area contributed by atoms with E-state index >= 15 is 0 Å². The van der Waals surface area contributed by atoms with Gasteiger partial charge < -0.3 is 15.6 Å². The highest BCUT2D eigenvalue weighted by Crippen LogP contribution is 2.37. The molecule has 29 heavy (non-hydrogen) atoms. The highest BCUT2D eigenvalue weighted by molar-refractivity contribution is 7.21. The van der Waals surface area contributed by atoms with E-state index in [0.29, 0.717) is 38.4 Å². The number of carboxylic acids is 1. The number of thiophene rings is 1. The Bertz CT molecular complexity index is 1230. The number of amides is 1. The number of H-pyrrole nitrogens is 1. The van der Waals surface area contributed by atoms with Crippen LogP contribution in [0, 0.1) is 0 Å². The second-order valence-corrected chi connectivity index (χ2v) is 7.63. The van der Waals surface area contributed by atoms with Gasteiger partial charge in [0, 0.05) is 43.6 Å². The fourth-order valence-corrected chi connectivity index (χ4v) is 4.52. The summed E-state index contributed by atoms with van der Waals surface area (Å²) in [5, 5.41) is 17.3. The molecule has 2 heterocycles. The number of hydrogen-bond donors (Lipinski definition) is 3. The van der Waals surface area contributed by atoms with Gasteiger partial charge in [-0.3, -0.25) is 9.89 Å². The number of rotatable bonds is 6. The molecule has 7 nitrogen and oxygen atoms in total. The van der Waals surface area contributed by atoms with Gasteiger partial charge in [0.2, 0.25) is 5.91 Å². The molecule has 0 saturated carbocycles. The molecule has 0 bridgehead atoms. The smallest absolute Gasteiger partial charge is 0.346 e. The van der Waals surface area contributed by atoms with Crippen LogP contribution < -0.4 is 10.5 Å². The first-order valence-electron chi connectivity index (χ1n) is 8.44. The van der Waals surface area contributed by atoms with Crippen LogP contribution in [0.15, 0.2) is 48.8 Å². The summed E-state index contributed by atoms with van der Waals surface area (Å²) in [5.74, 6) is -1.16. The van der Waals surface area contributed by atoms with E-state index in [9.17, 15) is 14.7 Å². The fraction of sp³-hybridized carbons (Fsp3) is 0.0500. The van der Waals surface area contributed by atoms with Crippen molar-refractivity contribution in [2.75, 3.05) is 0 Å². The van der Waals surface area contributed by atoms with E-state index in [1.54, 1.807) is 42.7 Å². The summed E-state index contributed by atoms with van der Waals surface area (Å²) in [5.41, 5.74) is 7.54. The Balaban J connectivity index is 1.72. The predicted molar refractivity (Wildman–Crippen MR) is 111 cm³/mol. The molecule has 2 aromatic heterocycles. The van der Waals surface area contributed by atoms with Crippen LogP contribution in [0.1, 0.15) is 25.6 Å². The van der Waals surface area contributed by atoms with Crippen LogP contribution in [0.4, 0.5) is 0 Å². The minimum Gasteiger partial charge on any atom is -0.489 e. The largest absolute Gasteiger partial charge is 0.489 e. The van der Waals surface area contributed by atoms with E-state index < -0.39 is 11.9 Å². The molecule has 0 unspecified atom stereocenters. The summed E-state index contributed by atoms with van der Waals surface area (Å²) >= 11 is 7.46. The fourth-order valence-electron chi connectivity index (χ4n) is 3.10. The first-order chi connectivity index (χ1) is 14.0. The van der Waals surface area contributed by atoms with E-state index in [2.05, 4.69) is 10.2 Å². The third-order valence-corrected chi connectivity index (χ3v) is 5.91. The molecule has 0 spiro atoms. The number of primary amides is 1. The van der Waals surface area contributed by atoms with E-state index in [1.165, 1.54) is 0 Å². The molecule has 1 amide bonds. The van der Waals surface area contributed by atoms with Gasteiger partial charge in [0.25, 0.3) is 0 Å². The number of carbonyl (C=O) groups excluding carboxylic acids is 1. The van der Waals surface area contributed by atoms with Crippen molar-refractivity contribution in [2.24, 2.45) is 5.73 Å². The molecule has 0 saturated heterocycles. The number of carboxylic acid groups (broad SMARTS) is 1. The number of nitrogens with one attached hydrogen (secondary N) is 1. The monoisotopic (exact) mass is 427 g/mol. The highest BCUT2D eigenvalue weighted by atomic mass is 35.5. The van der Waals surface area contributed by atoms with Crippen LogP contribution in [0.5, 0.6) is 5.75 Å². The van der Waals surface area contributed by atoms with Crippen molar-refractivity contribution in [1.82, 2.24) is 10.2 Å². The first-order valence-corrected chi connectivity index (χ1v) is 9.64. The number of hydrogen-bond acceptors (Lipinski definition) is 5. The van der Waals surface area contributed by atoms with Crippen molar-refractivity contribution in [2.45, 2.75) is 6.61 Å². The lowest BCUT2D eigenvalue weighted by Crippen LogP contribution is -2.12. The van der Waals surface area contributed by atoms with E-state index in [4.69, 9.17) is 22.1 Å². The number of carbonyl (C=O) groups is 2. The normalized spacial score (nSPS) is 10.9. The standard InChI is InChI=1S/C20H14ClN3O4S/c21-15-2-1-3-16-17(15)14(18(29-16)20(26)27)9-28-11-4-5-12(19(22)25)13(6-11)10-7-23-24-8-10/h1-8H,9H2,(H2,22,25)(H,23,24)(H,26,27). The van der Waals surface area contributed by atoms with Crippen molar-refractivity contribution in [3.05, 3.63) is 69.8 Å². The maximum atomic E-state index is 11.7. The zero-order valence-corrected chi connectivity index (χ0v) is 16.4. The van der Waals surface area contributed by atoms with Crippen molar-refractivity contribution in [3.8, 4) is 16.9 Å². The van der Waals surface area contributed by atoms with Crippen LogP contribution in [0.3, 0.4) is 0 Å². The van der Waals surface area contributed by atoms with Gasteiger partial charge in [0.15, 0.2) is 0 Å². The Kier molecular flexibility index (Phi) is 4.96. The van der Waals surface area contributed by atoms with Crippen LogP contribution in [0.25, 0.3) is 21.2 Å². The van der Waals surface area contributed by atoms with Gasteiger partial charge in [0.1, 0.15) is 17.2 Å². The quantitative estimate of drug-likeness (QED) is 0.423. The number of aromatic carboxylic acids is 1. The van der Waals surface area contributed by atoms with E-state index in [-0.39, 0.29) is 11.5 Å². The summed E-state index contributed by atoms with van der Waals surface area (Å²) in [4.78, 5) is 23.6. The minimum atomic E-state index is -1.04. The van der Waals surface area contributed by atoms with Crippen molar-refractivity contribution >= 4 is 44.9 Å². The molecule has 0 atom stereocenters. The van der Waals surface area contributed by atoms with Gasteiger partial charge in [-0.2, -0.15) is 5.10 Å². The Morgan fingerprint density at radius 3 is 2.79 bits per heavy atom. The van der Waals surface area contributed by atoms with Crippen molar-refractivity contribution in [3.63, 3.8) is 0 Å². The number of aromatic nitrogens is 2. The van der Waals surface area contributed by atoms with Gasteiger partial charge in [-0.05, 0) is 30.3 Å². The summed E-state index contributed by atoms with van der Waals surface area (Å²) in [6.07, 6.45) is 3.21. The third kappa shape index (κ3) is 3.55. The maximum absolute atomic E-state index is 11.7. The molecule has 4 rings (SSSR count). The molecule has 0 fully saturated rings. The Morgan fingerprint density at radius 2 is 2.10 bits per heavy atom. The lowest BCUT2D eigenvalue weighted by molar-refractivity contribution is 0.0699. The molecule has 4 N–H and O–H groups in total. The number of fused-ring (bicyclic) bond motifs is 1. The van der Waals surface area contributed by atoms with Gasteiger partial charge >= 0.3 is 5.97 Å². The first kappa shape index (κ1) is 19.0. The molecule has 0 aliphatic heterocycles. The minimum absolute atomic E-state index is 0.00606. The maximum Gasteiger partial charge on any atom is 0.346 e. The summed E-state index contributed by atoms with van der Waals surface area (Å²) in [7, 11) is 0. The number of nitrogens with two attached hydrogens (primary N) is 1. The Labute approximate surface area is 173 Å². The average Bonchev–Trinajstić information content (AvgIpc) is 3.34. The number of halogens is 1. The van der Waals surface area contributed by atoms with Crippen LogP contribution in [0.2, 0.25) is 5.02 Å². The average molecular weight is 428 g/mol. The van der Waals surface area contributed by atoms with Gasteiger partial charge in [0.05, 0.1) is 6.20 Å². The molecule has 0 aliphatic carbocycles. The van der Waals surface area contributed by atoms with E-state index in [1.807, 2.05) is 6.07 Å². The van der Waals surface area contributed by atoms with E-state index in [0.717, 1.165) is 16.0 Å². The summed E-state index contributed by atoms with van der Waals surface area (Å²) in [6, 6.07) is 10.2. The second-order valence-electron chi connectivity index (χ2n) is 6.18. The number of nitrogens with zero attached hydrogens (tertiary/aromatic N) is 1. The predicted octanol–water partition coefficient (Wildman–Crippen LogP) is 4.32. The SMILES string of the molecule is NC(=O)c1ccc(OCc2c(C(=O)O)sc3cccc(Cl)c23)cc1-c1cn[nH]c1. The number of ether oxygens (including phenoxy) is 1. The number of benzene rings is 2. The third-order valence-electron chi connectivity index (χ3n) is 4.41. The van der Waals surface area contributed by atoms with Gasteiger partial charge in [-0.25, -0.2) is 4.79 Å². The van der Waals surface area contributed by atoms with Crippen molar-refractivity contribution in [1.29, 1.82) is 0 Å². The van der Waals surface area contributed by atoms with Crippen molar-refractivity contribution < 1.29 is 19.4 Å². The zero-order chi connectivity index (χ0) is 20.5. The van der Waals surface area contributed by atoms with Crippen LogP contribution in [-0.2, 0) is 6.61 Å². The topological polar surface area (TPSA) is 118 Å². The van der Waals surface area contributed by atoms with Crippen LogP contribution in [-0.4, -0.2) is 27.2 Å². The molecular formula is C20H14ClN3O4S. The lowest BCUT2D eigenvalue weighted by Gasteiger charge is -2.11. The van der Waals surface area contributed by atoms with Crippen LogP contribution >= 0.6 is 22.9 Å². The molecule has 9 heteroatoms. The van der Waals surface area contributed by atoms with Gasteiger partial charge in [-0.1, -0.05) is 17.7 Å². The Hall–Kier alpha value is -3.36. The molecule has 4 aromatic rings.